The molecular formula is C14H19N3. The van der Waals surface area contributed by atoms with E-state index in [4.69, 9.17) is 0 Å². The molecule has 0 saturated heterocycles. The maximum Gasteiger partial charge on any atom is 0.0946 e. The van der Waals surface area contributed by atoms with E-state index in [-0.39, 0.29) is 0 Å². The second-order valence-corrected chi connectivity index (χ2v) is 4.30. The number of nitrogens with zero attached hydrogens (tertiary/aromatic N) is 2. The van der Waals surface area contributed by atoms with Crippen molar-refractivity contribution < 1.29 is 0 Å². The SMILES string of the molecule is CCCc1ccc(NCc2cncn2C)cc1. The molecule has 0 aliphatic rings. The summed E-state index contributed by atoms with van der Waals surface area (Å²) in [6.07, 6.45) is 6.06. The van der Waals surface area contributed by atoms with E-state index in [1.807, 2.05) is 24.1 Å². The summed E-state index contributed by atoms with van der Waals surface area (Å²) in [5.74, 6) is 0. The summed E-state index contributed by atoms with van der Waals surface area (Å²) in [4.78, 5) is 4.10. The maximum absolute atomic E-state index is 4.10. The van der Waals surface area contributed by atoms with Crippen molar-refractivity contribution in [1.82, 2.24) is 9.55 Å². The van der Waals surface area contributed by atoms with E-state index in [2.05, 4.69) is 41.5 Å². The lowest BCUT2D eigenvalue weighted by Crippen LogP contribution is -2.03. The van der Waals surface area contributed by atoms with Crippen LogP contribution in [0.2, 0.25) is 0 Å². The minimum atomic E-state index is 0.809. The smallest absolute Gasteiger partial charge is 0.0946 e. The van der Waals surface area contributed by atoms with Crippen LogP contribution >= 0.6 is 0 Å². The fourth-order valence-electron chi connectivity index (χ4n) is 1.83. The van der Waals surface area contributed by atoms with Crippen LogP contribution in [0.25, 0.3) is 0 Å². The highest BCUT2D eigenvalue weighted by Gasteiger charge is 1.98. The first-order valence-corrected chi connectivity index (χ1v) is 6.07. The first kappa shape index (κ1) is 11.7. The maximum atomic E-state index is 4.10. The Bertz CT molecular complexity index is 457. The van der Waals surface area contributed by atoms with Crippen molar-refractivity contribution in [2.75, 3.05) is 5.32 Å². The Hall–Kier alpha value is -1.77. The molecule has 1 N–H and O–H groups in total. The van der Waals surface area contributed by atoms with Gasteiger partial charge < -0.3 is 9.88 Å². The Morgan fingerprint density at radius 1 is 1.24 bits per heavy atom. The molecule has 1 heterocycles. The number of imidazole rings is 1. The predicted molar refractivity (Wildman–Crippen MR) is 71.0 cm³/mol. The van der Waals surface area contributed by atoms with Crippen LogP contribution in [-0.2, 0) is 20.0 Å². The van der Waals surface area contributed by atoms with Crippen LogP contribution in [0.3, 0.4) is 0 Å². The van der Waals surface area contributed by atoms with Crippen LogP contribution in [0.15, 0.2) is 36.8 Å². The Labute approximate surface area is 103 Å². The predicted octanol–water partition coefficient (Wildman–Crippen LogP) is 2.98. The van der Waals surface area contributed by atoms with E-state index in [1.165, 1.54) is 17.7 Å². The van der Waals surface area contributed by atoms with E-state index in [9.17, 15) is 0 Å². The minimum Gasteiger partial charge on any atom is -0.379 e. The molecule has 0 spiro atoms. The summed E-state index contributed by atoms with van der Waals surface area (Å²) in [5.41, 5.74) is 3.74. The largest absolute Gasteiger partial charge is 0.379 e. The standard InChI is InChI=1S/C14H19N3/c1-3-4-12-5-7-13(8-6-12)16-10-14-9-15-11-17(14)2/h5-9,11,16H,3-4,10H2,1-2H3. The lowest BCUT2D eigenvalue weighted by atomic mass is 10.1. The molecule has 1 aromatic carbocycles. The highest BCUT2D eigenvalue weighted by molar-refractivity contribution is 5.44. The van der Waals surface area contributed by atoms with E-state index in [0.717, 1.165) is 18.7 Å². The van der Waals surface area contributed by atoms with E-state index < -0.39 is 0 Å². The molecular weight excluding hydrogens is 210 g/mol. The third-order valence-electron chi connectivity index (χ3n) is 2.88. The van der Waals surface area contributed by atoms with Crippen LogP contribution in [0.5, 0.6) is 0 Å². The minimum absolute atomic E-state index is 0.809. The molecule has 3 nitrogen and oxygen atoms in total. The Morgan fingerprint density at radius 2 is 2.00 bits per heavy atom. The van der Waals surface area contributed by atoms with Crippen molar-refractivity contribution in [2.24, 2.45) is 7.05 Å². The number of aromatic nitrogens is 2. The quantitative estimate of drug-likeness (QED) is 0.854. The van der Waals surface area contributed by atoms with Crippen LogP contribution in [0.4, 0.5) is 5.69 Å². The molecule has 0 unspecified atom stereocenters. The zero-order valence-electron chi connectivity index (χ0n) is 10.5. The molecule has 2 aromatic rings. The van der Waals surface area contributed by atoms with Gasteiger partial charge in [0.1, 0.15) is 0 Å². The second-order valence-electron chi connectivity index (χ2n) is 4.30. The van der Waals surface area contributed by atoms with Gasteiger partial charge in [-0.15, -0.1) is 0 Å². The first-order chi connectivity index (χ1) is 8.29. The third-order valence-corrected chi connectivity index (χ3v) is 2.88. The zero-order chi connectivity index (χ0) is 12.1. The molecule has 1 aromatic heterocycles. The lowest BCUT2D eigenvalue weighted by Gasteiger charge is -2.07. The van der Waals surface area contributed by atoms with Gasteiger partial charge >= 0.3 is 0 Å². The van der Waals surface area contributed by atoms with Gasteiger partial charge in [-0.2, -0.15) is 0 Å². The Balaban J connectivity index is 1.93. The lowest BCUT2D eigenvalue weighted by molar-refractivity contribution is 0.837. The number of nitrogens with one attached hydrogen (secondary N) is 1. The molecule has 0 radical (unpaired) electrons. The van der Waals surface area contributed by atoms with Gasteiger partial charge in [0, 0.05) is 18.9 Å². The second kappa shape index (κ2) is 5.53. The molecule has 17 heavy (non-hydrogen) atoms. The molecule has 0 aliphatic heterocycles. The molecule has 0 aliphatic carbocycles. The van der Waals surface area contributed by atoms with Crippen molar-refractivity contribution in [3.63, 3.8) is 0 Å². The van der Waals surface area contributed by atoms with Crippen molar-refractivity contribution >= 4 is 5.69 Å². The van der Waals surface area contributed by atoms with Crippen LogP contribution in [0.1, 0.15) is 24.6 Å². The van der Waals surface area contributed by atoms with Crippen molar-refractivity contribution in [3.8, 4) is 0 Å². The average molecular weight is 229 g/mol. The first-order valence-electron chi connectivity index (χ1n) is 6.07. The summed E-state index contributed by atoms with van der Waals surface area (Å²) >= 11 is 0. The topological polar surface area (TPSA) is 29.9 Å². The van der Waals surface area contributed by atoms with Crippen LogP contribution < -0.4 is 5.32 Å². The Kier molecular flexibility index (Phi) is 3.81. The van der Waals surface area contributed by atoms with Crippen molar-refractivity contribution in [1.29, 1.82) is 0 Å². The molecule has 0 bridgehead atoms. The van der Waals surface area contributed by atoms with Gasteiger partial charge in [-0.25, -0.2) is 4.98 Å². The summed E-state index contributed by atoms with van der Waals surface area (Å²) < 4.78 is 2.03. The fourth-order valence-corrected chi connectivity index (χ4v) is 1.83. The van der Waals surface area contributed by atoms with Crippen molar-refractivity contribution in [3.05, 3.63) is 48.0 Å². The van der Waals surface area contributed by atoms with Gasteiger partial charge in [0.2, 0.25) is 0 Å². The normalized spacial score (nSPS) is 10.5. The summed E-state index contributed by atoms with van der Waals surface area (Å²) in [5, 5.41) is 3.40. The number of benzene rings is 1. The summed E-state index contributed by atoms with van der Waals surface area (Å²) in [6, 6.07) is 8.66. The van der Waals surface area contributed by atoms with Gasteiger partial charge in [-0.1, -0.05) is 25.5 Å². The fraction of sp³-hybridized carbons (Fsp3) is 0.357. The average Bonchev–Trinajstić information content (AvgIpc) is 2.75. The monoisotopic (exact) mass is 229 g/mol. The van der Waals surface area contributed by atoms with Gasteiger partial charge in [0.15, 0.2) is 0 Å². The number of hydrogen-bond acceptors (Lipinski definition) is 2. The molecule has 90 valence electrons. The molecule has 0 fully saturated rings. The molecule has 3 heteroatoms. The Morgan fingerprint density at radius 3 is 2.59 bits per heavy atom. The van der Waals surface area contributed by atoms with Gasteiger partial charge in [-0.3, -0.25) is 0 Å². The molecule has 2 rings (SSSR count). The van der Waals surface area contributed by atoms with Crippen LogP contribution in [0, 0.1) is 0 Å². The third kappa shape index (κ3) is 3.09. The molecule has 0 amide bonds. The van der Waals surface area contributed by atoms with Gasteiger partial charge in [0.05, 0.1) is 18.6 Å². The van der Waals surface area contributed by atoms with E-state index in [0.29, 0.717) is 0 Å². The van der Waals surface area contributed by atoms with Crippen LogP contribution in [-0.4, -0.2) is 9.55 Å². The van der Waals surface area contributed by atoms with Gasteiger partial charge in [0.25, 0.3) is 0 Å². The summed E-state index contributed by atoms with van der Waals surface area (Å²) in [7, 11) is 2.01. The number of rotatable bonds is 5. The zero-order valence-corrected chi connectivity index (χ0v) is 10.5. The number of anilines is 1. The highest BCUT2D eigenvalue weighted by Crippen LogP contribution is 2.12. The summed E-state index contributed by atoms with van der Waals surface area (Å²) in [6.45, 7) is 3.01. The van der Waals surface area contributed by atoms with Crippen molar-refractivity contribution in [2.45, 2.75) is 26.3 Å². The van der Waals surface area contributed by atoms with E-state index in [1.54, 1.807) is 0 Å². The highest BCUT2D eigenvalue weighted by atomic mass is 15.0. The van der Waals surface area contributed by atoms with Gasteiger partial charge in [-0.05, 0) is 24.1 Å². The van der Waals surface area contributed by atoms with E-state index >= 15 is 0 Å². The number of aryl methyl sites for hydroxylation is 2. The number of hydrogen-bond donors (Lipinski definition) is 1. The molecule has 0 atom stereocenters. The molecule has 0 saturated carbocycles.